The van der Waals surface area contributed by atoms with Crippen LogP contribution in [0.3, 0.4) is 0 Å². The molecule has 0 spiro atoms. The summed E-state index contributed by atoms with van der Waals surface area (Å²) in [5.74, 6) is 6.14. The van der Waals surface area contributed by atoms with Gasteiger partial charge >= 0.3 is 0 Å². The zero-order valence-corrected chi connectivity index (χ0v) is 9.25. The molecule has 1 saturated carbocycles. The Labute approximate surface area is 90.4 Å². The van der Waals surface area contributed by atoms with Crippen molar-refractivity contribution < 1.29 is 4.74 Å². The number of hydrogen-bond acceptors (Lipinski definition) is 3. The second-order valence-corrected chi connectivity index (χ2v) is 4.70. The number of nitrogens with zero attached hydrogens (tertiary/aromatic N) is 1. The molecule has 0 aromatic carbocycles. The molecule has 0 bridgehead atoms. The third-order valence-electron chi connectivity index (χ3n) is 2.85. The molecule has 86 valence electrons. The van der Waals surface area contributed by atoms with E-state index >= 15 is 0 Å². The van der Waals surface area contributed by atoms with Crippen LogP contribution in [0.5, 0.6) is 0 Å². The van der Waals surface area contributed by atoms with Crippen molar-refractivity contribution in [1.82, 2.24) is 10.7 Å². The van der Waals surface area contributed by atoms with E-state index in [0.717, 1.165) is 26.1 Å². The highest BCUT2D eigenvalue weighted by atomic mass is 16.5. The molecule has 1 aliphatic carbocycles. The summed E-state index contributed by atoms with van der Waals surface area (Å²) < 4.78 is 5.46. The highest BCUT2D eigenvalue weighted by Crippen LogP contribution is 2.24. The van der Waals surface area contributed by atoms with Gasteiger partial charge in [0.05, 0.1) is 18.2 Å². The van der Waals surface area contributed by atoms with E-state index in [1.807, 2.05) is 0 Å². The molecule has 15 heavy (non-hydrogen) atoms. The van der Waals surface area contributed by atoms with Gasteiger partial charge in [-0.15, -0.1) is 0 Å². The van der Waals surface area contributed by atoms with E-state index in [1.165, 1.54) is 12.8 Å². The maximum Gasteiger partial charge on any atom is 0.206 e. The van der Waals surface area contributed by atoms with Crippen molar-refractivity contribution in [2.24, 2.45) is 10.8 Å². The van der Waals surface area contributed by atoms with Crippen LogP contribution in [0.4, 0.5) is 0 Å². The number of nitrogens with one attached hydrogen (secondary N) is 2. The standard InChI is InChI=1S/C10H20N4O/c1-10(5-2-6-15-7-10)13-9(14-11)12-8-3-4-8/h8H,2-7,11H2,1H3,(H2,12,13,14). The van der Waals surface area contributed by atoms with E-state index in [1.54, 1.807) is 0 Å². The van der Waals surface area contributed by atoms with Crippen LogP contribution in [0.2, 0.25) is 0 Å². The van der Waals surface area contributed by atoms with E-state index in [-0.39, 0.29) is 5.54 Å². The molecule has 5 heteroatoms. The van der Waals surface area contributed by atoms with Crippen molar-refractivity contribution in [3.63, 3.8) is 0 Å². The van der Waals surface area contributed by atoms with Gasteiger partial charge in [-0.3, -0.25) is 5.43 Å². The van der Waals surface area contributed by atoms with E-state index in [2.05, 4.69) is 22.7 Å². The van der Waals surface area contributed by atoms with Crippen LogP contribution < -0.4 is 16.6 Å². The quantitative estimate of drug-likeness (QED) is 0.263. The fourth-order valence-corrected chi connectivity index (χ4v) is 1.81. The van der Waals surface area contributed by atoms with Crippen LogP contribution in [0.1, 0.15) is 32.6 Å². The van der Waals surface area contributed by atoms with Crippen molar-refractivity contribution in [1.29, 1.82) is 0 Å². The molecule has 1 unspecified atom stereocenters. The molecule has 2 aliphatic rings. The Kier molecular flexibility index (Phi) is 3.11. The van der Waals surface area contributed by atoms with Crippen molar-refractivity contribution >= 4 is 5.96 Å². The van der Waals surface area contributed by atoms with Gasteiger partial charge < -0.3 is 10.1 Å². The van der Waals surface area contributed by atoms with Gasteiger partial charge in [0.15, 0.2) is 0 Å². The van der Waals surface area contributed by atoms with Gasteiger partial charge in [0.2, 0.25) is 5.96 Å². The molecule has 2 fully saturated rings. The van der Waals surface area contributed by atoms with E-state index in [4.69, 9.17) is 10.6 Å². The van der Waals surface area contributed by atoms with Crippen LogP contribution in [-0.4, -0.2) is 30.8 Å². The lowest BCUT2D eigenvalue weighted by atomic mass is 9.95. The summed E-state index contributed by atoms with van der Waals surface area (Å²) in [6.07, 6.45) is 4.54. The van der Waals surface area contributed by atoms with Crippen LogP contribution >= 0.6 is 0 Å². The maximum atomic E-state index is 5.46. The van der Waals surface area contributed by atoms with Crippen LogP contribution in [0.25, 0.3) is 0 Å². The first-order valence-electron chi connectivity index (χ1n) is 5.62. The fraction of sp³-hybridized carbons (Fsp3) is 0.900. The summed E-state index contributed by atoms with van der Waals surface area (Å²) >= 11 is 0. The Bertz CT molecular complexity index is 244. The summed E-state index contributed by atoms with van der Waals surface area (Å²) in [5.41, 5.74) is 2.60. The summed E-state index contributed by atoms with van der Waals surface area (Å²) in [6.45, 7) is 3.73. The van der Waals surface area contributed by atoms with Crippen molar-refractivity contribution in [3.8, 4) is 0 Å². The first-order valence-corrected chi connectivity index (χ1v) is 5.62. The third kappa shape index (κ3) is 3.07. The summed E-state index contributed by atoms with van der Waals surface area (Å²) in [6, 6.07) is 0.469. The third-order valence-corrected chi connectivity index (χ3v) is 2.85. The van der Waals surface area contributed by atoms with E-state index in [0.29, 0.717) is 12.0 Å². The van der Waals surface area contributed by atoms with Gasteiger partial charge in [0, 0.05) is 6.61 Å². The minimum atomic E-state index is -0.0294. The Morgan fingerprint density at radius 3 is 2.87 bits per heavy atom. The summed E-state index contributed by atoms with van der Waals surface area (Å²) in [4.78, 5) is 4.46. The molecule has 1 saturated heterocycles. The monoisotopic (exact) mass is 212 g/mol. The number of hydrazine groups is 1. The predicted octanol–water partition coefficient (Wildman–Crippen LogP) is 0.127. The normalized spacial score (nSPS) is 32.5. The topological polar surface area (TPSA) is 71.7 Å². The van der Waals surface area contributed by atoms with Crippen molar-refractivity contribution in [3.05, 3.63) is 0 Å². The molecular formula is C10H20N4O. The zero-order valence-electron chi connectivity index (χ0n) is 9.25. The Morgan fingerprint density at radius 2 is 2.33 bits per heavy atom. The first kappa shape index (κ1) is 10.7. The molecule has 2 rings (SSSR count). The van der Waals surface area contributed by atoms with Gasteiger partial charge in [0.25, 0.3) is 0 Å². The van der Waals surface area contributed by atoms with Crippen LogP contribution in [-0.2, 0) is 4.74 Å². The van der Waals surface area contributed by atoms with Gasteiger partial charge in [0.1, 0.15) is 0 Å². The predicted molar refractivity (Wildman–Crippen MR) is 59.4 cm³/mol. The van der Waals surface area contributed by atoms with Gasteiger partial charge in [-0.2, -0.15) is 0 Å². The molecule has 1 heterocycles. The van der Waals surface area contributed by atoms with Crippen molar-refractivity contribution in [2.45, 2.75) is 44.2 Å². The van der Waals surface area contributed by atoms with Crippen LogP contribution in [0.15, 0.2) is 4.99 Å². The van der Waals surface area contributed by atoms with Crippen molar-refractivity contribution in [2.75, 3.05) is 13.2 Å². The minimum absolute atomic E-state index is 0.0294. The molecule has 0 radical (unpaired) electrons. The summed E-state index contributed by atoms with van der Waals surface area (Å²) in [5, 5.41) is 3.34. The maximum absolute atomic E-state index is 5.46. The second kappa shape index (κ2) is 4.37. The molecule has 0 aromatic rings. The highest BCUT2D eigenvalue weighted by Gasteiger charge is 2.29. The Balaban J connectivity index is 1.91. The largest absolute Gasteiger partial charge is 0.379 e. The number of hydrogen-bond donors (Lipinski definition) is 3. The zero-order chi connectivity index (χ0) is 10.7. The van der Waals surface area contributed by atoms with Crippen LogP contribution in [0, 0.1) is 0 Å². The molecule has 0 aromatic heterocycles. The average molecular weight is 212 g/mol. The fourth-order valence-electron chi connectivity index (χ4n) is 1.81. The first-order chi connectivity index (χ1) is 7.22. The minimum Gasteiger partial charge on any atom is -0.379 e. The number of rotatable bonds is 2. The van der Waals surface area contributed by atoms with Gasteiger partial charge in [-0.25, -0.2) is 10.8 Å². The molecule has 4 N–H and O–H groups in total. The smallest absolute Gasteiger partial charge is 0.206 e. The van der Waals surface area contributed by atoms with Gasteiger partial charge in [-0.05, 0) is 32.6 Å². The molecule has 5 nitrogen and oxygen atoms in total. The summed E-state index contributed by atoms with van der Waals surface area (Å²) in [7, 11) is 0. The number of ether oxygens (including phenoxy) is 1. The molecule has 0 amide bonds. The van der Waals surface area contributed by atoms with E-state index < -0.39 is 0 Å². The lowest BCUT2D eigenvalue weighted by Crippen LogP contribution is -2.56. The number of aliphatic imine (C=N–C) groups is 1. The second-order valence-electron chi connectivity index (χ2n) is 4.70. The Hall–Kier alpha value is -0.810. The lowest BCUT2D eigenvalue weighted by molar-refractivity contribution is 0.0367. The average Bonchev–Trinajstić information content (AvgIpc) is 3.01. The molecular weight excluding hydrogens is 192 g/mol. The molecule has 1 aliphatic heterocycles. The highest BCUT2D eigenvalue weighted by molar-refractivity contribution is 5.80. The van der Waals surface area contributed by atoms with E-state index in [9.17, 15) is 0 Å². The Morgan fingerprint density at radius 1 is 1.53 bits per heavy atom. The number of guanidine groups is 1. The lowest BCUT2D eigenvalue weighted by Gasteiger charge is -2.35. The molecule has 1 atom stereocenters. The van der Waals surface area contributed by atoms with Gasteiger partial charge in [-0.1, -0.05) is 0 Å². The number of nitrogens with two attached hydrogens (primary N) is 1. The SMILES string of the molecule is CC1(NC(=NC2CC2)NN)CCCOC1.